The first-order chi connectivity index (χ1) is 9.81. The first kappa shape index (κ1) is 18.9. The van der Waals surface area contributed by atoms with Crippen LogP contribution in [0.2, 0.25) is 0 Å². The summed E-state index contributed by atoms with van der Waals surface area (Å²) in [4.78, 5) is 15.7. The lowest BCUT2D eigenvalue weighted by Gasteiger charge is -2.28. The molecule has 0 aromatic carbocycles. The van der Waals surface area contributed by atoms with Crippen molar-refractivity contribution < 1.29 is 17.9 Å². The maximum absolute atomic E-state index is 12.4. The number of hydrogen-bond donors (Lipinski definition) is 1. The molecule has 124 valence electrons. The van der Waals surface area contributed by atoms with Crippen molar-refractivity contribution >= 4 is 31.9 Å². The van der Waals surface area contributed by atoms with Gasteiger partial charge >= 0.3 is 6.09 Å². The molecule has 0 aliphatic rings. The van der Waals surface area contributed by atoms with E-state index in [1.807, 2.05) is 0 Å². The highest BCUT2D eigenvalue weighted by Crippen LogP contribution is 2.18. The maximum atomic E-state index is 12.4. The van der Waals surface area contributed by atoms with Gasteiger partial charge in [0.25, 0.3) is 0 Å². The molecule has 0 atom stereocenters. The summed E-state index contributed by atoms with van der Waals surface area (Å²) in [7, 11) is -3.64. The predicted octanol–water partition coefficient (Wildman–Crippen LogP) is 2.92. The van der Waals surface area contributed by atoms with Gasteiger partial charge in [0, 0.05) is 10.7 Å². The van der Waals surface area contributed by atoms with E-state index in [9.17, 15) is 13.2 Å². The fraction of sp³-hybridized carbons (Fsp3) is 0.571. The minimum atomic E-state index is -3.64. The summed E-state index contributed by atoms with van der Waals surface area (Å²) in [5.74, 6) is -0.289. The van der Waals surface area contributed by atoms with Crippen LogP contribution in [0.1, 0.15) is 34.6 Å². The fourth-order valence-corrected chi connectivity index (χ4v) is 3.91. The number of ether oxygens (including phenoxy) is 1. The number of carbonyl (C=O) groups is 1. The molecule has 1 rings (SSSR count). The molecule has 8 heteroatoms. The molecule has 6 nitrogen and oxygen atoms in total. The highest BCUT2D eigenvalue weighted by atomic mass is 79.9. The second kappa shape index (κ2) is 6.54. The summed E-state index contributed by atoms with van der Waals surface area (Å²) in [6, 6.07) is 3.07. The van der Waals surface area contributed by atoms with Crippen molar-refractivity contribution in [2.45, 2.75) is 50.8 Å². The molecular formula is C14H21BrN2O4S. The summed E-state index contributed by atoms with van der Waals surface area (Å²) < 4.78 is 30.6. The van der Waals surface area contributed by atoms with Crippen LogP contribution >= 0.6 is 15.9 Å². The Labute approximate surface area is 139 Å². The summed E-state index contributed by atoms with van der Waals surface area (Å²) >= 11 is 3.21. The molecule has 0 spiro atoms. The maximum Gasteiger partial charge on any atom is 0.408 e. The molecule has 1 aromatic rings. The van der Waals surface area contributed by atoms with Gasteiger partial charge in [0.2, 0.25) is 0 Å². The standard InChI is InChI=1S/C14H21BrN2O4S/c1-13(2,3)21-12(18)17-14(4,5)9-22(19,20)11-8-10(15)6-7-16-11/h6-8H,9H2,1-5H3,(H,17,18). The molecule has 0 saturated carbocycles. The Morgan fingerprint density at radius 3 is 2.41 bits per heavy atom. The van der Waals surface area contributed by atoms with E-state index in [0.717, 1.165) is 0 Å². The third-order valence-electron chi connectivity index (χ3n) is 2.41. The molecule has 0 aliphatic heterocycles. The second-order valence-electron chi connectivity index (χ2n) is 6.58. The number of nitrogens with one attached hydrogen (secondary N) is 1. The van der Waals surface area contributed by atoms with Crippen LogP contribution in [-0.2, 0) is 14.6 Å². The van der Waals surface area contributed by atoms with E-state index in [0.29, 0.717) is 4.47 Å². The summed E-state index contributed by atoms with van der Waals surface area (Å²) in [5.41, 5.74) is -1.64. The molecule has 0 saturated heterocycles. The number of sulfone groups is 1. The first-order valence-electron chi connectivity index (χ1n) is 6.66. The number of alkyl carbamates (subject to hydrolysis) is 1. The predicted molar refractivity (Wildman–Crippen MR) is 87.4 cm³/mol. The summed E-state index contributed by atoms with van der Waals surface area (Å²) in [5, 5.41) is 2.53. The number of aromatic nitrogens is 1. The third-order valence-corrected chi connectivity index (χ3v) is 4.86. The SMILES string of the molecule is CC(C)(CS(=O)(=O)c1cc(Br)ccn1)NC(=O)OC(C)(C)C. The van der Waals surface area contributed by atoms with Gasteiger partial charge in [-0.05, 0) is 46.8 Å². The van der Waals surface area contributed by atoms with Crippen molar-refractivity contribution in [3.8, 4) is 0 Å². The topological polar surface area (TPSA) is 85.4 Å². The lowest BCUT2D eigenvalue weighted by Crippen LogP contribution is -2.50. The Balaban J connectivity index is 2.85. The Morgan fingerprint density at radius 1 is 1.32 bits per heavy atom. The quantitative estimate of drug-likeness (QED) is 0.850. The Kier molecular flexibility index (Phi) is 5.61. The van der Waals surface area contributed by atoms with Gasteiger partial charge in [-0.15, -0.1) is 0 Å². The van der Waals surface area contributed by atoms with Crippen LogP contribution in [0.3, 0.4) is 0 Å². The van der Waals surface area contributed by atoms with Crippen LogP contribution in [0.5, 0.6) is 0 Å². The van der Waals surface area contributed by atoms with E-state index in [1.54, 1.807) is 40.7 Å². The highest BCUT2D eigenvalue weighted by molar-refractivity contribution is 9.10. The van der Waals surface area contributed by atoms with E-state index >= 15 is 0 Å². The van der Waals surface area contributed by atoms with Crippen LogP contribution in [-0.4, -0.2) is 36.4 Å². The number of pyridine rings is 1. The van der Waals surface area contributed by atoms with Gasteiger partial charge in [-0.1, -0.05) is 15.9 Å². The van der Waals surface area contributed by atoms with Gasteiger partial charge in [0.1, 0.15) is 5.60 Å². The van der Waals surface area contributed by atoms with E-state index in [1.165, 1.54) is 12.3 Å². The van der Waals surface area contributed by atoms with Crippen LogP contribution in [0.25, 0.3) is 0 Å². The van der Waals surface area contributed by atoms with E-state index in [-0.39, 0.29) is 10.8 Å². The molecule has 1 heterocycles. The fourth-order valence-electron chi connectivity index (χ4n) is 1.72. The minimum absolute atomic E-state index is 0.0408. The second-order valence-corrected chi connectivity index (χ2v) is 9.43. The van der Waals surface area contributed by atoms with Gasteiger partial charge in [-0.3, -0.25) is 0 Å². The Bertz CT molecular complexity index is 651. The van der Waals surface area contributed by atoms with Crippen molar-refractivity contribution in [1.29, 1.82) is 0 Å². The average Bonchev–Trinajstić information content (AvgIpc) is 2.23. The zero-order valence-corrected chi connectivity index (χ0v) is 15.7. The van der Waals surface area contributed by atoms with E-state index in [4.69, 9.17) is 4.74 Å². The van der Waals surface area contributed by atoms with Gasteiger partial charge in [0.05, 0.1) is 11.3 Å². The van der Waals surface area contributed by atoms with E-state index < -0.39 is 27.1 Å². The molecule has 1 N–H and O–H groups in total. The number of amides is 1. The molecule has 0 unspecified atom stereocenters. The van der Waals surface area contributed by atoms with Crippen molar-refractivity contribution in [2.75, 3.05) is 5.75 Å². The van der Waals surface area contributed by atoms with Crippen molar-refractivity contribution in [3.63, 3.8) is 0 Å². The smallest absolute Gasteiger partial charge is 0.408 e. The van der Waals surface area contributed by atoms with Gasteiger partial charge in [-0.2, -0.15) is 0 Å². The third kappa shape index (κ3) is 6.31. The van der Waals surface area contributed by atoms with E-state index in [2.05, 4.69) is 26.2 Å². The number of rotatable bonds is 4. The van der Waals surface area contributed by atoms with Crippen LogP contribution in [0.15, 0.2) is 27.8 Å². The van der Waals surface area contributed by atoms with Gasteiger partial charge in [0.15, 0.2) is 14.9 Å². The minimum Gasteiger partial charge on any atom is -0.444 e. The summed E-state index contributed by atoms with van der Waals surface area (Å²) in [6.45, 7) is 8.45. The van der Waals surface area contributed by atoms with Crippen molar-refractivity contribution in [2.24, 2.45) is 0 Å². The zero-order valence-electron chi connectivity index (χ0n) is 13.3. The molecule has 22 heavy (non-hydrogen) atoms. The van der Waals surface area contributed by atoms with Crippen LogP contribution < -0.4 is 5.32 Å². The number of hydrogen-bond acceptors (Lipinski definition) is 5. The molecule has 0 bridgehead atoms. The molecule has 0 fully saturated rings. The monoisotopic (exact) mass is 392 g/mol. The number of nitrogens with zero attached hydrogens (tertiary/aromatic N) is 1. The highest BCUT2D eigenvalue weighted by Gasteiger charge is 2.31. The molecule has 0 radical (unpaired) electrons. The zero-order chi connectivity index (χ0) is 17.2. The summed E-state index contributed by atoms with van der Waals surface area (Å²) in [6.07, 6.45) is 0.750. The first-order valence-corrected chi connectivity index (χ1v) is 9.11. The van der Waals surface area contributed by atoms with Gasteiger partial charge < -0.3 is 10.1 Å². The molecule has 0 aliphatic carbocycles. The Hall–Kier alpha value is -1.15. The number of halogens is 1. The molecule has 1 amide bonds. The lowest BCUT2D eigenvalue weighted by molar-refractivity contribution is 0.0482. The lowest BCUT2D eigenvalue weighted by atomic mass is 10.1. The van der Waals surface area contributed by atoms with Crippen LogP contribution in [0, 0.1) is 0 Å². The molecule has 1 aromatic heterocycles. The Morgan fingerprint density at radius 2 is 1.91 bits per heavy atom. The van der Waals surface area contributed by atoms with Crippen LogP contribution in [0.4, 0.5) is 4.79 Å². The average molecular weight is 393 g/mol. The number of carbonyl (C=O) groups excluding carboxylic acids is 1. The van der Waals surface area contributed by atoms with Crippen molar-refractivity contribution in [1.82, 2.24) is 10.3 Å². The molecular weight excluding hydrogens is 372 g/mol. The van der Waals surface area contributed by atoms with Crippen molar-refractivity contribution in [3.05, 3.63) is 22.8 Å². The van der Waals surface area contributed by atoms with Gasteiger partial charge in [-0.25, -0.2) is 18.2 Å². The normalized spacial score (nSPS) is 12.8. The largest absolute Gasteiger partial charge is 0.444 e.